The molecule has 2 atom stereocenters. The standard InChI is InChI=1S/C8H22OS2Si2/c1-12(7-3-5-10)9-13(2)8-4-6-11/h10-13H,3-8H2,1-2H3. The molecule has 0 fully saturated rings. The fraction of sp³-hybridized carbons (Fsp3) is 1.00. The molecule has 0 spiro atoms. The summed E-state index contributed by atoms with van der Waals surface area (Å²) >= 11 is 8.42. The first-order chi connectivity index (χ1) is 6.20. The third-order valence-electron chi connectivity index (χ3n) is 2.00. The lowest BCUT2D eigenvalue weighted by atomic mass is 10.6. The number of thiol groups is 2. The molecule has 0 saturated heterocycles. The van der Waals surface area contributed by atoms with E-state index in [2.05, 4.69) is 38.4 Å². The Morgan fingerprint density at radius 1 is 0.923 bits per heavy atom. The van der Waals surface area contributed by atoms with E-state index in [4.69, 9.17) is 4.12 Å². The molecule has 2 unspecified atom stereocenters. The van der Waals surface area contributed by atoms with Gasteiger partial charge in [0.15, 0.2) is 18.1 Å². The predicted molar refractivity (Wildman–Crippen MR) is 73.7 cm³/mol. The maximum absolute atomic E-state index is 6.06. The maximum atomic E-state index is 6.06. The van der Waals surface area contributed by atoms with E-state index in [1.807, 2.05) is 0 Å². The summed E-state index contributed by atoms with van der Waals surface area (Å²) in [5.74, 6) is 2.01. The van der Waals surface area contributed by atoms with E-state index in [0.29, 0.717) is 0 Å². The Morgan fingerprint density at radius 2 is 1.31 bits per heavy atom. The van der Waals surface area contributed by atoms with Gasteiger partial charge in [0.2, 0.25) is 0 Å². The number of hydrogen-bond acceptors (Lipinski definition) is 3. The SMILES string of the molecule is C[SiH](CCCS)O[SiH](C)CCCS. The normalized spacial score (nSPS) is 15.7. The van der Waals surface area contributed by atoms with Gasteiger partial charge in [0.05, 0.1) is 0 Å². The van der Waals surface area contributed by atoms with Crippen molar-refractivity contribution in [1.82, 2.24) is 0 Å². The second-order valence-electron chi connectivity index (χ2n) is 3.49. The topological polar surface area (TPSA) is 9.23 Å². The molecule has 0 aliphatic rings. The van der Waals surface area contributed by atoms with E-state index in [-0.39, 0.29) is 0 Å². The van der Waals surface area contributed by atoms with E-state index in [1.54, 1.807) is 0 Å². The van der Waals surface area contributed by atoms with Gasteiger partial charge >= 0.3 is 0 Å². The second kappa shape index (κ2) is 9.64. The third kappa shape index (κ3) is 9.40. The number of hydrogen-bond donors (Lipinski definition) is 2. The first kappa shape index (κ1) is 14.1. The van der Waals surface area contributed by atoms with Crippen LogP contribution in [0.5, 0.6) is 0 Å². The first-order valence-electron chi connectivity index (χ1n) is 5.08. The fourth-order valence-electron chi connectivity index (χ4n) is 1.29. The summed E-state index contributed by atoms with van der Waals surface area (Å²) in [6, 6.07) is 2.59. The van der Waals surface area contributed by atoms with Crippen molar-refractivity contribution in [2.24, 2.45) is 0 Å². The minimum atomic E-state index is -0.832. The molecule has 0 amide bonds. The van der Waals surface area contributed by atoms with Gasteiger partial charge in [0.1, 0.15) is 0 Å². The zero-order valence-electron chi connectivity index (χ0n) is 8.70. The van der Waals surface area contributed by atoms with Crippen molar-refractivity contribution in [2.45, 2.75) is 38.0 Å². The highest BCUT2D eigenvalue weighted by molar-refractivity contribution is 7.80. The van der Waals surface area contributed by atoms with Gasteiger partial charge in [-0.25, -0.2) is 0 Å². The Labute approximate surface area is 96.9 Å². The zero-order valence-corrected chi connectivity index (χ0v) is 12.8. The van der Waals surface area contributed by atoms with Gasteiger partial charge in [-0.15, -0.1) is 0 Å². The summed E-state index contributed by atoms with van der Waals surface area (Å²) in [5, 5.41) is 0. The molecule has 1 nitrogen and oxygen atoms in total. The van der Waals surface area contributed by atoms with Gasteiger partial charge in [-0.1, -0.05) is 0 Å². The summed E-state index contributed by atoms with van der Waals surface area (Å²) in [5.41, 5.74) is 0. The lowest BCUT2D eigenvalue weighted by Gasteiger charge is -2.16. The second-order valence-corrected chi connectivity index (χ2v) is 9.87. The Bertz CT molecular complexity index is 104. The molecule has 0 aromatic rings. The van der Waals surface area contributed by atoms with Crippen LogP contribution in [0.1, 0.15) is 12.8 Å². The summed E-state index contributed by atoms with van der Waals surface area (Å²) in [7, 11) is -1.66. The van der Waals surface area contributed by atoms with Crippen LogP contribution in [-0.2, 0) is 4.12 Å². The van der Waals surface area contributed by atoms with E-state index in [9.17, 15) is 0 Å². The Kier molecular flexibility index (Phi) is 10.5. The van der Waals surface area contributed by atoms with Crippen LogP contribution in [-0.4, -0.2) is 29.6 Å². The lowest BCUT2D eigenvalue weighted by molar-refractivity contribution is 0.584. The Balaban J connectivity index is 3.35. The quantitative estimate of drug-likeness (QED) is 0.499. The summed E-state index contributed by atoms with van der Waals surface area (Å²) < 4.78 is 6.06. The Hall–Kier alpha value is 1.09. The first-order valence-corrected chi connectivity index (χ1v) is 11.2. The summed E-state index contributed by atoms with van der Waals surface area (Å²) in [4.78, 5) is 0. The molecule has 80 valence electrons. The van der Waals surface area contributed by atoms with E-state index >= 15 is 0 Å². The van der Waals surface area contributed by atoms with Gasteiger partial charge in [-0.3, -0.25) is 0 Å². The average Bonchev–Trinajstić information content (AvgIpc) is 2.11. The lowest BCUT2D eigenvalue weighted by Crippen LogP contribution is -2.24. The van der Waals surface area contributed by atoms with E-state index in [0.717, 1.165) is 11.5 Å². The molecular formula is C8H22OS2Si2. The highest BCUT2D eigenvalue weighted by atomic mass is 32.1. The van der Waals surface area contributed by atoms with Gasteiger partial charge in [0, 0.05) is 0 Å². The van der Waals surface area contributed by atoms with Crippen molar-refractivity contribution in [3.63, 3.8) is 0 Å². The maximum Gasteiger partial charge on any atom is 0.159 e. The van der Waals surface area contributed by atoms with Crippen LogP contribution in [0.2, 0.25) is 25.2 Å². The Morgan fingerprint density at radius 3 is 1.62 bits per heavy atom. The molecule has 0 saturated carbocycles. The molecular weight excluding hydrogens is 232 g/mol. The van der Waals surface area contributed by atoms with Crippen LogP contribution in [0.3, 0.4) is 0 Å². The van der Waals surface area contributed by atoms with Gasteiger partial charge in [-0.2, -0.15) is 25.3 Å². The molecule has 0 bridgehead atoms. The molecule has 0 aromatic carbocycles. The third-order valence-corrected chi connectivity index (χ3v) is 8.79. The molecule has 5 heteroatoms. The van der Waals surface area contributed by atoms with Crippen molar-refractivity contribution in [3.8, 4) is 0 Å². The average molecular weight is 255 g/mol. The minimum absolute atomic E-state index is 0.832. The van der Waals surface area contributed by atoms with Crippen molar-refractivity contribution < 1.29 is 4.12 Å². The summed E-state index contributed by atoms with van der Waals surface area (Å²) in [6.07, 6.45) is 2.45. The number of rotatable bonds is 8. The van der Waals surface area contributed by atoms with Crippen molar-refractivity contribution in [3.05, 3.63) is 0 Å². The molecule has 0 heterocycles. The summed E-state index contributed by atoms with van der Waals surface area (Å²) in [6.45, 7) is 4.63. The van der Waals surface area contributed by atoms with Crippen molar-refractivity contribution in [2.75, 3.05) is 11.5 Å². The smallest absolute Gasteiger partial charge is 0.159 e. The van der Waals surface area contributed by atoms with Crippen LogP contribution < -0.4 is 0 Å². The van der Waals surface area contributed by atoms with Crippen LogP contribution in [0.4, 0.5) is 0 Å². The predicted octanol–water partition coefficient (Wildman–Crippen LogP) is 2.35. The highest BCUT2D eigenvalue weighted by Gasteiger charge is 2.10. The van der Waals surface area contributed by atoms with Crippen LogP contribution >= 0.6 is 25.3 Å². The molecule has 0 N–H and O–H groups in total. The van der Waals surface area contributed by atoms with Crippen LogP contribution in [0.15, 0.2) is 0 Å². The van der Waals surface area contributed by atoms with Crippen LogP contribution in [0, 0.1) is 0 Å². The zero-order chi connectivity index (χ0) is 10.1. The molecule has 13 heavy (non-hydrogen) atoms. The molecule has 0 radical (unpaired) electrons. The van der Waals surface area contributed by atoms with Crippen molar-refractivity contribution >= 4 is 43.3 Å². The van der Waals surface area contributed by atoms with Crippen molar-refractivity contribution in [1.29, 1.82) is 0 Å². The highest BCUT2D eigenvalue weighted by Crippen LogP contribution is 2.06. The van der Waals surface area contributed by atoms with E-state index < -0.39 is 18.1 Å². The monoisotopic (exact) mass is 254 g/mol. The van der Waals surface area contributed by atoms with Crippen LogP contribution in [0.25, 0.3) is 0 Å². The molecule has 0 rings (SSSR count). The van der Waals surface area contributed by atoms with Gasteiger partial charge in [0.25, 0.3) is 0 Å². The molecule has 0 aliphatic carbocycles. The fourth-order valence-corrected chi connectivity index (χ4v) is 8.16. The van der Waals surface area contributed by atoms with Gasteiger partial charge < -0.3 is 4.12 Å². The van der Waals surface area contributed by atoms with Gasteiger partial charge in [-0.05, 0) is 49.5 Å². The van der Waals surface area contributed by atoms with E-state index in [1.165, 1.54) is 24.9 Å². The molecule has 0 aliphatic heterocycles. The largest absolute Gasteiger partial charge is 0.460 e. The minimum Gasteiger partial charge on any atom is -0.460 e. The molecule has 0 aromatic heterocycles.